The Morgan fingerprint density at radius 1 is 0.406 bits per heavy atom. The number of carboxylic acids is 2. The molecule has 0 aromatic heterocycles. The smallest absolute Gasteiger partial charge is 0.336 e. The summed E-state index contributed by atoms with van der Waals surface area (Å²) in [6.45, 7) is 9.00. The number of benzene rings is 1. The Hall–Kier alpha value is -2.90. The van der Waals surface area contributed by atoms with Gasteiger partial charge in [0.05, 0.1) is 36.2 Å². The molecule has 0 aliphatic rings. The average Bonchev–Trinajstić information content (AvgIpc) is 3.27. The van der Waals surface area contributed by atoms with E-state index in [0.717, 1.165) is 89.0 Å². The predicted octanol–water partition coefficient (Wildman–Crippen LogP) is 16.6. The molecule has 370 valence electrons. The number of carbonyl (C=O) groups excluding carboxylic acids is 2. The van der Waals surface area contributed by atoms with Crippen molar-refractivity contribution in [3.05, 3.63) is 34.4 Å². The maximum absolute atomic E-state index is 12.9. The fourth-order valence-corrected chi connectivity index (χ4v) is 9.48. The van der Waals surface area contributed by atoms with E-state index in [0.29, 0.717) is 38.0 Å². The average molecular weight is 899 g/mol. The minimum Gasteiger partial charge on any atom is -0.478 e. The van der Waals surface area contributed by atoms with Crippen LogP contribution in [0.4, 0.5) is 0 Å². The zero-order valence-electron chi connectivity index (χ0n) is 41.9. The van der Waals surface area contributed by atoms with E-state index < -0.39 is 11.9 Å². The maximum atomic E-state index is 12.9. The van der Waals surface area contributed by atoms with Gasteiger partial charge in [0, 0.05) is 0 Å². The molecule has 0 bridgehead atoms. The van der Waals surface area contributed by atoms with Crippen LogP contribution in [0.5, 0.6) is 0 Å². The van der Waals surface area contributed by atoms with E-state index >= 15 is 0 Å². The van der Waals surface area contributed by atoms with Gasteiger partial charge in [-0.15, -0.1) is 0 Å². The van der Waals surface area contributed by atoms with Crippen molar-refractivity contribution >= 4 is 23.9 Å². The standard InChI is InChI=1S/C56H98O8/c1-5-9-11-13-15-17-19-21-23-25-27-29-33-40-48(55(61)63-7-3)42-36-31-35-39-47-45-46-51(53(57)58)52(54(59)60)50(47)44-38-32-37-43-49(56(62)64-8-4)41-34-30-28-26-24-22-20-18-16-14-12-10-6-2/h45-46,48-49H,5-44H2,1-4H3,(H,57,58)(H,59,60). The van der Waals surface area contributed by atoms with Gasteiger partial charge in [0.15, 0.2) is 0 Å². The lowest BCUT2D eigenvalue weighted by Gasteiger charge is -2.17. The van der Waals surface area contributed by atoms with Gasteiger partial charge < -0.3 is 19.7 Å². The van der Waals surface area contributed by atoms with E-state index in [9.17, 15) is 29.4 Å². The van der Waals surface area contributed by atoms with Crippen molar-refractivity contribution in [2.24, 2.45) is 11.8 Å². The number of hydrogen-bond acceptors (Lipinski definition) is 6. The van der Waals surface area contributed by atoms with Crippen LogP contribution < -0.4 is 0 Å². The van der Waals surface area contributed by atoms with E-state index in [2.05, 4.69) is 13.8 Å². The maximum Gasteiger partial charge on any atom is 0.336 e. The summed E-state index contributed by atoms with van der Waals surface area (Å²) in [5.41, 5.74) is 1.24. The summed E-state index contributed by atoms with van der Waals surface area (Å²) in [4.78, 5) is 50.4. The highest BCUT2D eigenvalue weighted by Crippen LogP contribution is 2.27. The zero-order chi connectivity index (χ0) is 46.9. The number of unbranched alkanes of at least 4 members (excludes halogenated alkanes) is 28. The fraction of sp³-hybridized carbons (Fsp3) is 0.821. The monoisotopic (exact) mass is 899 g/mol. The van der Waals surface area contributed by atoms with Crippen molar-refractivity contribution in [1.29, 1.82) is 0 Å². The first-order valence-electron chi connectivity index (χ1n) is 27.2. The first kappa shape index (κ1) is 59.1. The first-order chi connectivity index (χ1) is 31.2. The molecule has 2 unspecified atom stereocenters. The van der Waals surface area contributed by atoms with Crippen molar-refractivity contribution in [2.75, 3.05) is 13.2 Å². The lowest BCUT2D eigenvalue weighted by atomic mass is 9.88. The third kappa shape index (κ3) is 29.6. The lowest BCUT2D eigenvalue weighted by molar-refractivity contribution is -0.149. The molecule has 1 aromatic rings. The molecule has 8 nitrogen and oxygen atoms in total. The molecule has 2 atom stereocenters. The van der Waals surface area contributed by atoms with E-state index in [4.69, 9.17) is 9.47 Å². The summed E-state index contributed by atoms with van der Waals surface area (Å²) in [5.74, 6) is -2.85. The van der Waals surface area contributed by atoms with Crippen LogP contribution in [0.1, 0.15) is 291 Å². The highest BCUT2D eigenvalue weighted by Gasteiger charge is 2.24. The zero-order valence-corrected chi connectivity index (χ0v) is 41.9. The molecule has 0 saturated heterocycles. The summed E-state index contributed by atoms with van der Waals surface area (Å²) in [7, 11) is 0. The molecular formula is C56H98O8. The number of hydrogen-bond donors (Lipinski definition) is 2. The summed E-state index contributed by atoms with van der Waals surface area (Å²) in [6, 6.07) is 3.24. The van der Waals surface area contributed by atoms with Gasteiger partial charge in [-0.3, -0.25) is 9.59 Å². The van der Waals surface area contributed by atoms with E-state index in [1.807, 2.05) is 13.8 Å². The third-order valence-electron chi connectivity index (χ3n) is 13.4. The minimum atomic E-state index is -1.23. The SMILES string of the molecule is CCCCCCCCCCCCCCCC(CCCCCc1ccc(C(=O)O)c(C(=O)O)c1CCCCCC(CCCCCCCCCCCCCCC)C(=O)OCC)C(=O)OCC. The van der Waals surface area contributed by atoms with E-state index in [-0.39, 0.29) is 34.9 Å². The van der Waals surface area contributed by atoms with Crippen LogP contribution in [-0.4, -0.2) is 47.3 Å². The molecule has 2 N–H and O–H groups in total. The number of rotatable bonds is 46. The molecule has 0 radical (unpaired) electrons. The second kappa shape index (κ2) is 41.5. The van der Waals surface area contributed by atoms with Crippen LogP contribution >= 0.6 is 0 Å². The molecule has 0 amide bonds. The Balaban J connectivity index is 2.60. The third-order valence-corrected chi connectivity index (χ3v) is 13.4. The summed E-state index contributed by atoms with van der Waals surface area (Å²) < 4.78 is 10.9. The second-order valence-corrected chi connectivity index (χ2v) is 18.9. The van der Waals surface area contributed by atoms with Crippen LogP contribution in [0, 0.1) is 11.8 Å². The van der Waals surface area contributed by atoms with Crippen molar-refractivity contribution in [1.82, 2.24) is 0 Å². The van der Waals surface area contributed by atoms with Crippen molar-refractivity contribution < 1.29 is 38.9 Å². The summed E-state index contributed by atoms with van der Waals surface area (Å²) in [5, 5.41) is 20.1. The quantitative estimate of drug-likeness (QED) is 0.0489. The Bertz CT molecular complexity index is 1320. The van der Waals surface area contributed by atoms with Crippen LogP contribution in [0.15, 0.2) is 12.1 Å². The summed E-state index contributed by atoms with van der Waals surface area (Å²) in [6.07, 6.45) is 43.0. The Kier molecular flexibility index (Phi) is 38.4. The second-order valence-electron chi connectivity index (χ2n) is 18.9. The minimum absolute atomic E-state index is 0.0884. The molecule has 8 heteroatoms. The van der Waals surface area contributed by atoms with Crippen LogP contribution in [0.2, 0.25) is 0 Å². The molecule has 64 heavy (non-hydrogen) atoms. The Labute approximate surface area is 392 Å². The van der Waals surface area contributed by atoms with Gasteiger partial charge in [0.25, 0.3) is 0 Å². The largest absolute Gasteiger partial charge is 0.478 e. The van der Waals surface area contributed by atoms with Crippen molar-refractivity contribution in [2.45, 2.75) is 272 Å². The Morgan fingerprint density at radius 2 is 0.719 bits per heavy atom. The highest BCUT2D eigenvalue weighted by atomic mass is 16.5. The lowest BCUT2D eigenvalue weighted by Crippen LogP contribution is -2.18. The highest BCUT2D eigenvalue weighted by molar-refractivity contribution is 6.03. The first-order valence-corrected chi connectivity index (χ1v) is 27.2. The molecule has 1 aromatic carbocycles. The normalized spacial score (nSPS) is 12.3. The van der Waals surface area contributed by atoms with Gasteiger partial charge >= 0.3 is 23.9 Å². The van der Waals surface area contributed by atoms with Gasteiger partial charge in [-0.2, -0.15) is 0 Å². The van der Waals surface area contributed by atoms with Crippen LogP contribution in [0.3, 0.4) is 0 Å². The van der Waals surface area contributed by atoms with Gasteiger partial charge in [-0.05, 0) is 82.4 Å². The van der Waals surface area contributed by atoms with Gasteiger partial charge in [0.1, 0.15) is 0 Å². The van der Waals surface area contributed by atoms with Crippen molar-refractivity contribution in [3.8, 4) is 0 Å². The number of esters is 2. The molecule has 0 saturated carbocycles. The van der Waals surface area contributed by atoms with Crippen LogP contribution in [-0.2, 0) is 31.9 Å². The molecular weight excluding hydrogens is 801 g/mol. The molecule has 1 rings (SSSR count). The van der Waals surface area contributed by atoms with E-state index in [1.165, 1.54) is 147 Å². The number of carbonyl (C=O) groups is 4. The molecule has 0 heterocycles. The molecule has 0 spiro atoms. The molecule has 0 aliphatic carbocycles. The van der Waals surface area contributed by atoms with Crippen LogP contribution in [0.25, 0.3) is 0 Å². The number of carboxylic acid groups (broad SMARTS) is 2. The predicted molar refractivity (Wildman–Crippen MR) is 266 cm³/mol. The molecule has 0 fully saturated rings. The fourth-order valence-electron chi connectivity index (χ4n) is 9.48. The molecule has 0 aliphatic heterocycles. The van der Waals surface area contributed by atoms with Gasteiger partial charge in [-0.1, -0.05) is 213 Å². The number of aromatic carboxylic acids is 2. The van der Waals surface area contributed by atoms with Crippen molar-refractivity contribution in [3.63, 3.8) is 0 Å². The summed E-state index contributed by atoms with van der Waals surface area (Å²) >= 11 is 0. The van der Waals surface area contributed by atoms with E-state index in [1.54, 1.807) is 6.07 Å². The van der Waals surface area contributed by atoms with Gasteiger partial charge in [0.2, 0.25) is 0 Å². The number of aryl methyl sites for hydroxylation is 1. The van der Waals surface area contributed by atoms with Gasteiger partial charge in [-0.25, -0.2) is 9.59 Å². The Morgan fingerprint density at radius 3 is 1.03 bits per heavy atom. The topological polar surface area (TPSA) is 127 Å². The number of ether oxygens (including phenoxy) is 2.